The van der Waals surface area contributed by atoms with Crippen LogP contribution >= 0.6 is 0 Å². The summed E-state index contributed by atoms with van der Waals surface area (Å²) in [5.41, 5.74) is 8.13. The maximum atomic E-state index is 5.77. The van der Waals surface area contributed by atoms with Gasteiger partial charge in [-0.1, -0.05) is 5.16 Å². The molecule has 0 spiro atoms. The van der Waals surface area contributed by atoms with Crippen LogP contribution in [0.2, 0.25) is 0 Å². The van der Waals surface area contributed by atoms with Crippen molar-refractivity contribution < 1.29 is 9.26 Å². The highest BCUT2D eigenvalue weighted by atomic mass is 16.5. The summed E-state index contributed by atoms with van der Waals surface area (Å²) in [6, 6.07) is 4.04. The van der Waals surface area contributed by atoms with Crippen LogP contribution in [0.5, 0.6) is 5.75 Å². The van der Waals surface area contributed by atoms with E-state index in [0.717, 1.165) is 61.7 Å². The van der Waals surface area contributed by atoms with Crippen LogP contribution in [0.15, 0.2) is 26.6 Å². The molecule has 0 aliphatic heterocycles. The first-order valence-corrected chi connectivity index (χ1v) is 9.93. The van der Waals surface area contributed by atoms with Crippen molar-refractivity contribution in [1.82, 2.24) is 19.9 Å². The molecule has 0 aliphatic carbocycles. The predicted molar refractivity (Wildman–Crippen MR) is 123 cm³/mol. The van der Waals surface area contributed by atoms with Gasteiger partial charge in [0, 0.05) is 41.8 Å². The molecule has 8 heteroatoms. The van der Waals surface area contributed by atoms with Crippen molar-refractivity contribution in [3.8, 4) is 16.9 Å². The fourth-order valence-electron chi connectivity index (χ4n) is 4.26. The number of aromatic amines is 1. The zero-order valence-electron chi connectivity index (χ0n) is 18.9. The fraction of sp³-hybridized carbons (Fsp3) is 0.304. The molecule has 0 fully saturated rings. The lowest BCUT2D eigenvalue weighted by Gasteiger charge is -2.11. The van der Waals surface area contributed by atoms with Crippen molar-refractivity contribution in [2.45, 2.75) is 27.7 Å². The van der Waals surface area contributed by atoms with Gasteiger partial charge in [0.2, 0.25) is 0 Å². The third-order valence-corrected chi connectivity index (χ3v) is 5.77. The summed E-state index contributed by atoms with van der Waals surface area (Å²) in [7, 11) is 5.37. The molecular weight excluding hydrogens is 392 g/mol. The summed E-state index contributed by atoms with van der Waals surface area (Å²) >= 11 is 0. The number of nitrogens with zero attached hydrogens (tertiary/aromatic N) is 5. The van der Waals surface area contributed by atoms with Gasteiger partial charge < -0.3 is 14.2 Å². The molecule has 4 rings (SSSR count). The van der Waals surface area contributed by atoms with Gasteiger partial charge in [-0.05, 0) is 46.5 Å². The highest BCUT2D eigenvalue weighted by Crippen LogP contribution is 2.41. The summed E-state index contributed by atoms with van der Waals surface area (Å²) in [5.74, 6) is 2.10. The van der Waals surface area contributed by atoms with Crippen molar-refractivity contribution in [3.63, 3.8) is 0 Å². The molecule has 0 radical (unpaired) electrons. The lowest BCUT2D eigenvalue weighted by molar-refractivity contribution is 0.393. The van der Waals surface area contributed by atoms with E-state index in [1.54, 1.807) is 14.2 Å². The van der Waals surface area contributed by atoms with Crippen LogP contribution in [0.4, 0.5) is 5.82 Å². The number of hydrogen-bond acceptors (Lipinski definition) is 6. The van der Waals surface area contributed by atoms with Crippen LogP contribution in [0.25, 0.3) is 22.0 Å². The summed E-state index contributed by atoms with van der Waals surface area (Å²) in [6.07, 6.45) is 0. The van der Waals surface area contributed by atoms with Crippen molar-refractivity contribution >= 4 is 29.1 Å². The van der Waals surface area contributed by atoms with Crippen molar-refractivity contribution in [2.24, 2.45) is 17.0 Å². The molecule has 3 aromatic heterocycles. The quantitative estimate of drug-likeness (QED) is 0.479. The molecule has 1 aromatic carbocycles. The zero-order valence-corrected chi connectivity index (χ0v) is 18.9. The Morgan fingerprint density at radius 3 is 2.42 bits per heavy atom. The average molecular weight is 419 g/mol. The Bertz CT molecular complexity index is 1330. The molecule has 0 unspecified atom stereocenters. The second-order valence-corrected chi connectivity index (χ2v) is 7.55. The van der Waals surface area contributed by atoms with Gasteiger partial charge in [-0.15, -0.1) is 0 Å². The number of nitrogens with one attached hydrogen (secondary N) is 1. The smallest absolute Gasteiger partial charge is 0.141 e. The number of hydrogen-bond donors (Lipinski definition) is 1. The van der Waals surface area contributed by atoms with Gasteiger partial charge in [0.05, 0.1) is 35.3 Å². The number of ether oxygens (including phenoxy) is 1. The van der Waals surface area contributed by atoms with Crippen molar-refractivity contribution in [2.75, 3.05) is 14.2 Å². The predicted octanol–water partition coefficient (Wildman–Crippen LogP) is 4.60. The Labute approximate surface area is 180 Å². The van der Waals surface area contributed by atoms with Crippen LogP contribution in [-0.4, -0.2) is 46.5 Å². The van der Waals surface area contributed by atoms with E-state index in [-0.39, 0.29) is 0 Å². The number of benzene rings is 1. The Hall–Kier alpha value is -3.68. The largest absolute Gasteiger partial charge is 0.496 e. The van der Waals surface area contributed by atoms with Crippen LogP contribution in [0.3, 0.4) is 0 Å². The molecule has 0 aliphatic rings. The third kappa shape index (κ3) is 3.06. The van der Waals surface area contributed by atoms with E-state index in [1.165, 1.54) is 0 Å². The monoisotopic (exact) mass is 418 g/mol. The summed E-state index contributed by atoms with van der Waals surface area (Å²) in [4.78, 5) is 12.3. The Kier molecular flexibility index (Phi) is 5.00. The Morgan fingerprint density at radius 1 is 1.16 bits per heavy atom. The van der Waals surface area contributed by atoms with Gasteiger partial charge in [0.1, 0.15) is 17.3 Å². The lowest BCUT2D eigenvalue weighted by atomic mass is 9.96. The Balaban J connectivity index is 2.04. The lowest BCUT2D eigenvalue weighted by Crippen LogP contribution is -2.06. The molecule has 160 valence electrons. The number of H-pyrrole nitrogens is 1. The number of rotatable bonds is 5. The first kappa shape index (κ1) is 20.6. The highest BCUT2D eigenvalue weighted by Gasteiger charge is 2.25. The fourth-order valence-corrected chi connectivity index (χ4v) is 4.26. The number of aromatic nitrogens is 4. The van der Waals surface area contributed by atoms with Crippen LogP contribution in [-0.2, 0) is 7.05 Å². The number of aryl methyl sites for hydroxylation is 4. The molecule has 0 saturated carbocycles. The molecule has 3 heterocycles. The molecule has 0 bridgehead atoms. The van der Waals surface area contributed by atoms with E-state index in [2.05, 4.69) is 31.9 Å². The van der Waals surface area contributed by atoms with Gasteiger partial charge in [0.25, 0.3) is 0 Å². The van der Waals surface area contributed by atoms with Gasteiger partial charge >= 0.3 is 0 Å². The molecular formula is C23H26N6O2. The van der Waals surface area contributed by atoms with E-state index >= 15 is 0 Å². The van der Waals surface area contributed by atoms with E-state index in [1.807, 2.05) is 51.6 Å². The molecule has 0 amide bonds. The maximum absolute atomic E-state index is 5.77. The van der Waals surface area contributed by atoms with Crippen LogP contribution in [0.1, 0.15) is 34.0 Å². The van der Waals surface area contributed by atoms with Gasteiger partial charge in [0.15, 0.2) is 0 Å². The summed E-state index contributed by atoms with van der Waals surface area (Å²) < 4.78 is 13.0. The van der Waals surface area contributed by atoms with Crippen molar-refractivity contribution in [1.29, 1.82) is 0 Å². The SMILES string of the molecule is C=Nc1[nH]c2cc(-c3c(C)noc3C)c(OC)cc2c1/C(=N\C)c1c(C)nn(C)c1C. The van der Waals surface area contributed by atoms with Crippen molar-refractivity contribution in [3.05, 3.63) is 46.1 Å². The van der Waals surface area contributed by atoms with Gasteiger partial charge in [-0.25, -0.2) is 4.99 Å². The number of fused-ring (bicyclic) bond motifs is 1. The third-order valence-electron chi connectivity index (χ3n) is 5.77. The minimum atomic E-state index is 0.649. The van der Waals surface area contributed by atoms with Crippen LogP contribution < -0.4 is 4.74 Å². The number of methoxy groups -OCH3 is 1. The minimum absolute atomic E-state index is 0.649. The normalized spacial score (nSPS) is 12.0. The Morgan fingerprint density at radius 2 is 1.90 bits per heavy atom. The molecule has 0 atom stereocenters. The highest BCUT2D eigenvalue weighted by molar-refractivity contribution is 6.23. The zero-order chi connectivity index (χ0) is 22.4. The van der Waals surface area contributed by atoms with Gasteiger partial charge in [-0.2, -0.15) is 5.10 Å². The van der Waals surface area contributed by atoms with Gasteiger partial charge in [-0.3, -0.25) is 9.67 Å². The second kappa shape index (κ2) is 7.54. The second-order valence-electron chi connectivity index (χ2n) is 7.55. The minimum Gasteiger partial charge on any atom is -0.496 e. The molecule has 8 nitrogen and oxygen atoms in total. The molecule has 31 heavy (non-hydrogen) atoms. The van der Waals surface area contributed by atoms with E-state index < -0.39 is 0 Å². The average Bonchev–Trinajstić information content (AvgIpc) is 3.36. The summed E-state index contributed by atoms with van der Waals surface area (Å²) in [5, 5.41) is 9.60. The first-order chi connectivity index (χ1) is 14.8. The number of aliphatic imine (C=N–C) groups is 2. The molecule has 0 saturated heterocycles. The first-order valence-electron chi connectivity index (χ1n) is 9.93. The molecule has 1 N–H and O–H groups in total. The standard InChI is InChI=1S/C23H26N6O2/c1-11-19(13(3)29(7)27-11)22(24-5)21-15-10-18(30-8)16(9-17(15)26-23(21)25-6)20-12(2)28-31-14(20)4/h9-10,26H,6H2,1-5,7-8H3/b24-22-. The molecule has 4 aromatic rings. The van der Waals surface area contributed by atoms with Crippen LogP contribution in [0, 0.1) is 27.7 Å². The maximum Gasteiger partial charge on any atom is 0.141 e. The summed E-state index contributed by atoms with van der Waals surface area (Å²) in [6.45, 7) is 11.6. The van der Waals surface area contributed by atoms with E-state index in [4.69, 9.17) is 9.26 Å². The topological polar surface area (TPSA) is 93.6 Å². The van der Waals surface area contributed by atoms with E-state index in [9.17, 15) is 0 Å². The van der Waals surface area contributed by atoms with E-state index in [0.29, 0.717) is 11.6 Å².